The van der Waals surface area contributed by atoms with Crippen molar-refractivity contribution in [2.75, 3.05) is 20.2 Å². The molecule has 1 aliphatic heterocycles. The maximum absolute atomic E-state index is 13.8. The van der Waals surface area contributed by atoms with E-state index >= 15 is 0 Å². The van der Waals surface area contributed by atoms with Crippen molar-refractivity contribution in [2.24, 2.45) is 0 Å². The molecule has 6 nitrogen and oxygen atoms in total. The molecule has 0 amide bonds. The monoisotopic (exact) mass is 600 g/mol. The minimum Gasteiger partial charge on any atom is -0.469 e. The zero-order valence-corrected chi connectivity index (χ0v) is 22.9. The lowest BCUT2D eigenvalue weighted by molar-refractivity contribution is -0.140. The molecule has 1 aromatic heterocycles. The van der Waals surface area contributed by atoms with Gasteiger partial charge in [-0.05, 0) is 66.6 Å². The van der Waals surface area contributed by atoms with Gasteiger partial charge in [0.25, 0.3) is 7.41 Å². The quantitative estimate of drug-likeness (QED) is 0.122. The Morgan fingerprint density at radius 1 is 1.05 bits per heavy atom. The molecule has 13 heteroatoms. The van der Waals surface area contributed by atoms with E-state index in [2.05, 4.69) is 26.5 Å². The number of ether oxygens (including phenoxy) is 1. The first-order valence-corrected chi connectivity index (χ1v) is 13.2. The Bertz CT molecular complexity index is 1520. The highest BCUT2D eigenvalue weighted by molar-refractivity contribution is 6.64. The summed E-state index contributed by atoms with van der Waals surface area (Å²) >= 11 is 0. The largest absolute Gasteiger partial charge is 0.469 e. The molecule has 0 atom stereocenters. The van der Waals surface area contributed by atoms with Crippen molar-refractivity contribution in [3.8, 4) is 11.8 Å². The third-order valence-corrected chi connectivity index (χ3v) is 7.07. The number of alkyl halides is 6. The summed E-state index contributed by atoms with van der Waals surface area (Å²) in [6.07, 6.45) is -6.81. The highest BCUT2D eigenvalue weighted by atomic mass is 19.4. The first-order valence-electron chi connectivity index (χ1n) is 13.2. The summed E-state index contributed by atoms with van der Waals surface area (Å²) in [5.74, 6) is 4.23. The van der Waals surface area contributed by atoms with Crippen LogP contribution < -0.4 is 0 Å². The van der Waals surface area contributed by atoms with E-state index in [1.54, 1.807) is 0 Å². The predicted octanol–water partition coefficient (Wildman–Crippen LogP) is 5.21. The average molecular weight is 600 g/mol. The van der Waals surface area contributed by atoms with E-state index in [1.807, 2.05) is 29.1 Å². The topological polar surface area (TPSA) is 72.4 Å². The van der Waals surface area contributed by atoms with Crippen molar-refractivity contribution >= 4 is 19.6 Å². The number of carbonyl (C=O) groups is 2. The number of aromatic nitrogens is 2. The van der Waals surface area contributed by atoms with Gasteiger partial charge in [0.1, 0.15) is 17.1 Å². The number of rotatable bonds is 7. The lowest BCUT2D eigenvalue weighted by Gasteiger charge is -2.30. The average Bonchev–Trinajstić information content (AvgIpc) is 2.96. The van der Waals surface area contributed by atoms with Crippen molar-refractivity contribution in [1.29, 1.82) is 0 Å². The maximum Gasteiger partial charge on any atom is 0.420 e. The van der Waals surface area contributed by atoms with Crippen LogP contribution in [0, 0.1) is 11.8 Å². The van der Waals surface area contributed by atoms with Gasteiger partial charge >= 0.3 is 18.3 Å². The Balaban J connectivity index is 1.61. The fourth-order valence-corrected chi connectivity index (χ4v) is 4.74. The zero-order valence-electron chi connectivity index (χ0n) is 22.9. The van der Waals surface area contributed by atoms with Gasteiger partial charge in [-0.2, -0.15) is 26.3 Å². The lowest BCUT2D eigenvalue weighted by Crippen LogP contribution is -2.36. The first kappa shape index (κ1) is 31.8. The van der Waals surface area contributed by atoms with Crippen molar-refractivity contribution in [1.82, 2.24) is 14.8 Å². The predicted molar refractivity (Wildman–Crippen MR) is 145 cm³/mol. The van der Waals surface area contributed by atoms with Crippen LogP contribution in [0.2, 0.25) is 0 Å². The van der Waals surface area contributed by atoms with Gasteiger partial charge in [-0.15, -0.1) is 0 Å². The second kappa shape index (κ2) is 13.4. The Kier molecular flexibility index (Phi) is 9.91. The minimum atomic E-state index is -4.87. The van der Waals surface area contributed by atoms with E-state index in [4.69, 9.17) is 0 Å². The number of methoxy groups -OCH3 is 1. The van der Waals surface area contributed by atoms with Crippen LogP contribution in [0.3, 0.4) is 0 Å². The molecule has 3 aromatic rings. The Hall–Kier alpha value is -4.18. The molecule has 0 bridgehead atoms. The number of piperidine rings is 1. The van der Waals surface area contributed by atoms with Gasteiger partial charge in [0, 0.05) is 18.2 Å². The molecule has 4 rings (SSSR count). The van der Waals surface area contributed by atoms with Crippen LogP contribution in [0.25, 0.3) is 0 Å². The smallest absolute Gasteiger partial charge is 0.420 e. The van der Waals surface area contributed by atoms with Crippen LogP contribution in [0.5, 0.6) is 0 Å². The molecule has 43 heavy (non-hydrogen) atoms. The van der Waals surface area contributed by atoms with Crippen LogP contribution in [-0.4, -0.2) is 54.5 Å². The van der Waals surface area contributed by atoms with E-state index in [0.717, 1.165) is 62.5 Å². The summed E-state index contributed by atoms with van der Waals surface area (Å²) in [5.41, 5.74) is -1.38. The van der Waals surface area contributed by atoms with Gasteiger partial charge in [-0.3, -0.25) is 4.79 Å². The van der Waals surface area contributed by atoms with Gasteiger partial charge in [-0.25, -0.2) is 9.97 Å². The normalized spacial score (nSPS) is 14.5. The fraction of sp³-hybridized carbons (Fsp3) is 0.333. The Morgan fingerprint density at radius 2 is 1.74 bits per heavy atom. The number of hydrogen-bond donors (Lipinski definition) is 0. The molecule has 0 aliphatic carbocycles. The van der Waals surface area contributed by atoms with Gasteiger partial charge < -0.3 is 14.3 Å². The number of nitrogens with zero attached hydrogens (tertiary/aromatic N) is 3. The minimum absolute atomic E-state index is 0.0431. The second-order valence-corrected chi connectivity index (χ2v) is 9.93. The van der Waals surface area contributed by atoms with E-state index in [-0.39, 0.29) is 23.4 Å². The number of esters is 1. The van der Waals surface area contributed by atoms with E-state index in [0.29, 0.717) is 18.2 Å². The highest BCUT2D eigenvalue weighted by Crippen LogP contribution is 2.33. The lowest BCUT2D eigenvalue weighted by atomic mass is 9.84. The maximum atomic E-state index is 13.8. The number of carbonyl (C=O) groups excluding carboxylic acids is 2. The molecule has 1 saturated heterocycles. The van der Waals surface area contributed by atoms with Crippen LogP contribution in [0.1, 0.15) is 63.7 Å². The van der Waals surface area contributed by atoms with Crippen LogP contribution >= 0.6 is 0 Å². The first-order chi connectivity index (χ1) is 20.4. The third kappa shape index (κ3) is 8.44. The Labute approximate surface area is 244 Å². The number of benzene rings is 2. The third-order valence-electron chi connectivity index (χ3n) is 7.07. The summed E-state index contributed by atoms with van der Waals surface area (Å²) < 4.78 is 85.8. The molecular weight excluding hydrogens is 575 g/mol. The molecule has 1 radical (unpaired) electrons. The molecule has 0 spiro atoms. The van der Waals surface area contributed by atoms with Crippen LogP contribution in [0.4, 0.5) is 26.3 Å². The molecule has 2 aromatic carbocycles. The molecule has 0 N–H and O–H groups in total. The molecule has 0 saturated carbocycles. The zero-order chi connectivity index (χ0) is 31.2. The molecule has 0 unspecified atom stereocenters. The summed E-state index contributed by atoms with van der Waals surface area (Å²) in [6, 6.07) is 10.0. The van der Waals surface area contributed by atoms with Crippen LogP contribution in [-0.2, 0) is 39.5 Å². The second-order valence-electron chi connectivity index (χ2n) is 9.93. The molecule has 1 aliphatic rings. The molecule has 223 valence electrons. The summed E-state index contributed by atoms with van der Waals surface area (Å²) in [5, 5.41) is 0. The van der Waals surface area contributed by atoms with Gasteiger partial charge in [0.15, 0.2) is 0 Å². The summed E-state index contributed by atoms with van der Waals surface area (Å²) in [7, 11) is 2.63. The van der Waals surface area contributed by atoms with Crippen molar-refractivity contribution in [3.63, 3.8) is 0 Å². The molecule has 2 heterocycles. The van der Waals surface area contributed by atoms with Crippen molar-refractivity contribution in [3.05, 3.63) is 93.6 Å². The number of halogens is 6. The van der Waals surface area contributed by atoms with Crippen molar-refractivity contribution < 1.29 is 40.7 Å². The summed E-state index contributed by atoms with van der Waals surface area (Å²) in [6.45, 7) is 1.53. The Morgan fingerprint density at radius 3 is 2.35 bits per heavy atom. The standard InChI is InChI=1S/C30H25BF6N3O3/c1-43-28(42)16-23-6-8-24(29(32,33)34)15-22(23)7-9-26-25(30(35,36)37)17-38-27(39-26)14-19-2-4-20(5-3-19)21-10-12-40(13-11-21)31-18-41/h2-6,8,15,17-18,21H,10-14,16H2,1H3. The SMILES string of the molecule is COC(=O)Cc1ccc(C(F)(F)F)cc1C#Cc1nc(Cc2ccc(C3CCN([B]C=O)CC3)cc2)ncc1C(F)(F)F. The van der Waals surface area contributed by atoms with Crippen molar-refractivity contribution in [2.45, 2.75) is 44.0 Å². The van der Waals surface area contributed by atoms with Gasteiger partial charge in [-0.1, -0.05) is 36.3 Å². The van der Waals surface area contributed by atoms with E-state index in [9.17, 15) is 35.9 Å². The molecular formula is C30H25BF6N3O3. The number of hydrogen-bond acceptors (Lipinski definition) is 6. The summed E-state index contributed by atoms with van der Waals surface area (Å²) in [4.78, 5) is 32.3. The van der Waals surface area contributed by atoms with Crippen LogP contribution in [0.15, 0.2) is 48.7 Å². The molecule has 1 fully saturated rings. The van der Waals surface area contributed by atoms with Gasteiger partial charge in [0.05, 0.1) is 25.3 Å². The fourth-order valence-electron chi connectivity index (χ4n) is 4.74. The highest BCUT2D eigenvalue weighted by Gasteiger charge is 2.35. The van der Waals surface area contributed by atoms with Gasteiger partial charge in [0.2, 0.25) is 0 Å². The van der Waals surface area contributed by atoms with E-state index < -0.39 is 41.6 Å². The van der Waals surface area contributed by atoms with E-state index in [1.165, 1.54) is 7.41 Å².